The summed E-state index contributed by atoms with van der Waals surface area (Å²) < 4.78 is 1.92. The molecule has 0 aliphatic rings. The number of aryl methyl sites for hydroxylation is 1. The lowest BCUT2D eigenvalue weighted by Gasteiger charge is -2.20. The monoisotopic (exact) mass is 210 g/mol. The van der Waals surface area contributed by atoms with E-state index in [1.54, 1.807) is 6.20 Å². The molecular weight excluding hydrogens is 188 g/mol. The van der Waals surface area contributed by atoms with Crippen molar-refractivity contribution >= 4 is 0 Å². The summed E-state index contributed by atoms with van der Waals surface area (Å²) in [5.41, 5.74) is 0.963. The number of aromatic nitrogens is 2. The lowest BCUT2D eigenvalue weighted by molar-refractivity contribution is 0.0940. The molecule has 0 saturated carbocycles. The summed E-state index contributed by atoms with van der Waals surface area (Å²) in [6, 6.07) is 1.93. The molecule has 0 aliphatic heterocycles. The van der Waals surface area contributed by atoms with Gasteiger partial charge in [0.15, 0.2) is 0 Å². The molecule has 1 aromatic heterocycles. The fourth-order valence-electron chi connectivity index (χ4n) is 1.97. The normalized spacial score (nSPS) is 13.4. The molecule has 1 unspecified atom stereocenters. The molecule has 0 spiro atoms. The quantitative estimate of drug-likeness (QED) is 0.784. The number of aliphatic hydroxyl groups excluding tert-OH is 1. The first-order valence-electron chi connectivity index (χ1n) is 5.94. The molecule has 1 aromatic rings. The highest BCUT2D eigenvalue weighted by Crippen LogP contribution is 2.26. The molecule has 1 N–H and O–H groups in total. The van der Waals surface area contributed by atoms with Crippen molar-refractivity contribution in [3.63, 3.8) is 0 Å². The number of nitrogens with zero attached hydrogens (tertiary/aromatic N) is 2. The Morgan fingerprint density at radius 3 is 2.53 bits per heavy atom. The van der Waals surface area contributed by atoms with Crippen LogP contribution in [0.4, 0.5) is 0 Å². The van der Waals surface area contributed by atoms with E-state index in [0.717, 1.165) is 31.5 Å². The van der Waals surface area contributed by atoms with Crippen molar-refractivity contribution in [3.8, 4) is 0 Å². The van der Waals surface area contributed by atoms with Crippen LogP contribution in [0.15, 0.2) is 12.3 Å². The highest BCUT2D eigenvalue weighted by Gasteiger charge is 2.20. The van der Waals surface area contributed by atoms with Crippen molar-refractivity contribution < 1.29 is 5.11 Å². The molecule has 0 bridgehead atoms. The van der Waals surface area contributed by atoms with Crippen LogP contribution in [0, 0.1) is 5.92 Å². The van der Waals surface area contributed by atoms with Gasteiger partial charge in [-0.3, -0.25) is 4.68 Å². The first-order valence-corrected chi connectivity index (χ1v) is 5.94. The molecule has 0 radical (unpaired) electrons. The van der Waals surface area contributed by atoms with E-state index in [9.17, 15) is 5.11 Å². The van der Waals surface area contributed by atoms with Gasteiger partial charge in [0.1, 0.15) is 0 Å². The van der Waals surface area contributed by atoms with Crippen molar-refractivity contribution in [2.24, 2.45) is 5.92 Å². The zero-order valence-corrected chi connectivity index (χ0v) is 9.98. The summed E-state index contributed by atoms with van der Waals surface area (Å²) >= 11 is 0. The van der Waals surface area contributed by atoms with E-state index in [0.29, 0.717) is 5.92 Å². The Hall–Kier alpha value is -0.830. The molecule has 3 heteroatoms. The van der Waals surface area contributed by atoms with E-state index < -0.39 is 0 Å². The number of hydrogen-bond acceptors (Lipinski definition) is 2. The van der Waals surface area contributed by atoms with E-state index in [-0.39, 0.29) is 6.10 Å². The molecule has 1 heterocycles. The minimum atomic E-state index is -0.367. The van der Waals surface area contributed by atoms with E-state index in [4.69, 9.17) is 0 Å². The van der Waals surface area contributed by atoms with Crippen LogP contribution in [0.3, 0.4) is 0 Å². The molecule has 1 rings (SSSR count). The number of aliphatic hydroxyl groups is 1. The van der Waals surface area contributed by atoms with Gasteiger partial charge in [-0.15, -0.1) is 0 Å². The van der Waals surface area contributed by atoms with Crippen LogP contribution in [0.5, 0.6) is 0 Å². The van der Waals surface area contributed by atoms with Crippen LogP contribution < -0.4 is 0 Å². The third-order valence-corrected chi connectivity index (χ3v) is 2.98. The largest absolute Gasteiger partial charge is 0.387 e. The average molecular weight is 210 g/mol. The average Bonchev–Trinajstić information content (AvgIpc) is 2.68. The number of hydrogen-bond donors (Lipinski definition) is 1. The lowest BCUT2D eigenvalue weighted by atomic mass is 9.94. The van der Waals surface area contributed by atoms with Gasteiger partial charge in [-0.05, 0) is 18.4 Å². The summed E-state index contributed by atoms with van der Waals surface area (Å²) in [5.74, 6) is 0.345. The Morgan fingerprint density at radius 1 is 1.33 bits per heavy atom. The molecule has 0 aromatic carbocycles. The third kappa shape index (κ3) is 2.81. The standard InChI is InChI=1S/C12H22N2O/c1-4-9-14-11(7-8-13-14)12(15)10(5-2)6-3/h7-8,10,12,15H,4-6,9H2,1-3H3. The SMILES string of the molecule is CCCn1nccc1C(O)C(CC)CC. The van der Waals surface area contributed by atoms with Crippen molar-refractivity contribution in [2.45, 2.75) is 52.7 Å². The van der Waals surface area contributed by atoms with Crippen molar-refractivity contribution in [2.75, 3.05) is 0 Å². The molecule has 15 heavy (non-hydrogen) atoms. The van der Waals surface area contributed by atoms with Gasteiger partial charge in [0.2, 0.25) is 0 Å². The summed E-state index contributed by atoms with van der Waals surface area (Å²) in [5, 5.41) is 14.5. The maximum absolute atomic E-state index is 10.2. The second-order valence-electron chi connectivity index (χ2n) is 4.00. The lowest BCUT2D eigenvalue weighted by Crippen LogP contribution is -2.16. The van der Waals surface area contributed by atoms with Gasteiger partial charge in [-0.1, -0.05) is 33.6 Å². The topological polar surface area (TPSA) is 38.0 Å². The highest BCUT2D eigenvalue weighted by atomic mass is 16.3. The predicted octanol–water partition coefficient (Wildman–Crippen LogP) is 2.76. The van der Waals surface area contributed by atoms with Crippen molar-refractivity contribution in [3.05, 3.63) is 18.0 Å². The molecule has 0 saturated heterocycles. The van der Waals surface area contributed by atoms with Crippen LogP contribution in [0.25, 0.3) is 0 Å². The first kappa shape index (κ1) is 12.2. The Labute approximate surface area is 92.1 Å². The maximum Gasteiger partial charge on any atom is 0.0984 e. The van der Waals surface area contributed by atoms with Crippen LogP contribution >= 0.6 is 0 Å². The van der Waals surface area contributed by atoms with E-state index in [1.807, 2.05) is 10.7 Å². The van der Waals surface area contributed by atoms with Crippen LogP contribution in [0.1, 0.15) is 51.8 Å². The second kappa shape index (κ2) is 5.91. The Morgan fingerprint density at radius 2 is 2.00 bits per heavy atom. The summed E-state index contributed by atoms with van der Waals surface area (Å²) in [4.78, 5) is 0. The fourth-order valence-corrected chi connectivity index (χ4v) is 1.97. The Balaban J connectivity index is 2.79. The molecular formula is C12H22N2O. The molecule has 3 nitrogen and oxygen atoms in total. The highest BCUT2D eigenvalue weighted by molar-refractivity contribution is 5.05. The van der Waals surface area contributed by atoms with Crippen LogP contribution in [0.2, 0.25) is 0 Å². The zero-order valence-electron chi connectivity index (χ0n) is 9.98. The number of rotatable bonds is 6. The van der Waals surface area contributed by atoms with E-state index >= 15 is 0 Å². The van der Waals surface area contributed by atoms with Gasteiger partial charge < -0.3 is 5.11 Å². The van der Waals surface area contributed by atoms with Gasteiger partial charge in [0.05, 0.1) is 11.8 Å². The Kier molecular flexibility index (Phi) is 4.82. The van der Waals surface area contributed by atoms with Crippen molar-refractivity contribution in [1.82, 2.24) is 9.78 Å². The van der Waals surface area contributed by atoms with Gasteiger partial charge in [0, 0.05) is 12.7 Å². The second-order valence-corrected chi connectivity index (χ2v) is 4.00. The molecule has 0 amide bonds. The molecule has 1 atom stereocenters. The van der Waals surface area contributed by atoms with E-state index in [1.165, 1.54) is 0 Å². The summed E-state index contributed by atoms with van der Waals surface area (Å²) in [7, 11) is 0. The van der Waals surface area contributed by atoms with Gasteiger partial charge in [-0.25, -0.2) is 0 Å². The zero-order chi connectivity index (χ0) is 11.3. The smallest absolute Gasteiger partial charge is 0.0984 e. The fraction of sp³-hybridized carbons (Fsp3) is 0.750. The third-order valence-electron chi connectivity index (χ3n) is 2.98. The van der Waals surface area contributed by atoms with Crippen molar-refractivity contribution in [1.29, 1.82) is 0 Å². The van der Waals surface area contributed by atoms with Crippen LogP contribution in [-0.2, 0) is 6.54 Å². The van der Waals surface area contributed by atoms with Gasteiger partial charge in [-0.2, -0.15) is 5.10 Å². The summed E-state index contributed by atoms with van der Waals surface area (Å²) in [6.45, 7) is 7.25. The van der Waals surface area contributed by atoms with Crippen LogP contribution in [-0.4, -0.2) is 14.9 Å². The molecule has 0 aliphatic carbocycles. The predicted molar refractivity (Wildman–Crippen MR) is 61.5 cm³/mol. The summed E-state index contributed by atoms with van der Waals surface area (Å²) in [6.07, 6.45) is 4.47. The minimum Gasteiger partial charge on any atom is -0.387 e. The molecule has 86 valence electrons. The maximum atomic E-state index is 10.2. The van der Waals surface area contributed by atoms with Gasteiger partial charge in [0.25, 0.3) is 0 Å². The van der Waals surface area contributed by atoms with E-state index in [2.05, 4.69) is 25.9 Å². The first-order chi connectivity index (χ1) is 7.24. The minimum absolute atomic E-state index is 0.345. The Bertz CT molecular complexity index is 279. The van der Waals surface area contributed by atoms with Gasteiger partial charge >= 0.3 is 0 Å². The molecule has 0 fully saturated rings.